The largest absolute Gasteiger partial charge is 0.481 e. The van der Waals surface area contributed by atoms with Crippen LogP contribution in [0.3, 0.4) is 0 Å². The highest BCUT2D eigenvalue weighted by molar-refractivity contribution is 5.81. The number of aldehydes is 1. The normalized spacial score (nSPS) is 8.67. The molecule has 0 heterocycles. The second kappa shape index (κ2) is 7.69. The van der Waals surface area contributed by atoms with Crippen molar-refractivity contribution >= 4 is 12.3 Å². The van der Waals surface area contributed by atoms with Crippen LogP contribution in [0.1, 0.15) is 10.4 Å². The number of carbonyl (C=O) groups excluding carboxylic acids is 2. The van der Waals surface area contributed by atoms with Gasteiger partial charge in [0.25, 0.3) is 0 Å². The van der Waals surface area contributed by atoms with E-state index in [1.807, 2.05) is 0 Å². The van der Waals surface area contributed by atoms with Crippen molar-refractivity contribution in [3.05, 3.63) is 42.5 Å². The van der Waals surface area contributed by atoms with Gasteiger partial charge in [-0.2, -0.15) is 0 Å². The summed E-state index contributed by atoms with van der Waals surface area (Å²) in [6.07, 6.45) is 1.84. The molecule has 0 aliphatic heterocycles. The highest BCUT2D eigenvalue weighted by Crippen LogP contribution is 2.10. The topological polar surface area (TPSA) is 52.6 Å². The lowest BCUT2D eigenvalue weighted by atomic mass is 10.2. The molecule has 0 bridgehead atoms. The molecule has 0 aliphatic carbocycles. The van der Waals surface area contributed by atoms with Crippen molar-refractivity contribution in [3.8, 4) is 17.6 Å². The van der Waals surface area contributed by atoms with Gasteiger partial charge < -0.3 is 9.47 Å². The van der Waals surface area contributed by atoms with Crippen molar-refractivity contribution in [1.29, 1.82) is 0 Å². The van der Waals surface area contributed by atoms with E-state index in [-0.39, 0.29) is 13.2 Å². The summed E-state index contributed by atoms with van der Waals surface area (Å²) in [5.41, 5.74) is 0.588. The fourth-order valence-electron chi connectivity index (χ4n) is 1.03. The Morgan fingerprint density at radius 3 is 2.50 bits per heavy atom. The predicted octanol–water partition coefficient (Wildman–Crippen LogP) is 1.61. The summed E-state index contributed by atoms with van der Waals surface area (Å²) in [7, 11) is 0. The summed E-state index contributed by atoms with van der Waals surface area (Å²) in [5.74, 6) is 5.43. The second-order valence-electron chi connectivity index (χ2n) is 3.14. The highest BCUT2D eigenvalue weighted by Gasteiger charge is 1.93. The number of hydrogen-bond donors (Lipinski definition) is 0. The molecular weight excluding hydrogens is 232 g/mol. The van der Waals surface area contributed by atoms with Crippen LogP contribution in [0.4, 0.5) is 0 Å². The first-order valence-electron chi connectivity index (χ1n) is 5.19. The van der Waals surface area contributed by atoms with Gasteiger partial charge in [-0.05, 0) is 24.3 Å². The van der Waals surface area contributed by atoms with Crippen LogP contribution in [0.25, 0.3) is 0 Å². The van der Waals surface area contributed by atoms with Crippen LogP contribution in [-0.2, 0) is 9.53 Å². The van der Waals surface area contributed by atoms with Crippen molar-refractivity contribution in [1.82, 2.24) is 0 Å². The quantitative estimate of drug-likeness (QED) is 0.342. The Hall–Kier alpha value is -2.54. The first-order chi connectivity index (χ1) is 8.76. The van der Waals surface area contributed by atoms with E-state index in [0.717, 1.165) is 12.4 Å². The van der Waals surface area contributed by atoms with Gasteiger partial charge in [-0.1, -0.05) is 18.4 Å². The third-order valence-electron chi connectivity index (χ3n) is 1.91. The average Bonchev–Trinajstić information content (AvgIpc) is 2.43. The molecule has 0 aliphatic rings. The van der Waals surface area contributed by atoms with Crippen LogP contribution in [0.15, 0.2) is 36.9 Å². The van der Waals surface area contributed by atoms with Gasteiger partial charge in [0, 0.05) is 11.6 Å². The summed E-state index contributed by atoms with van der Waals surface area (Å²) in [4.78, 5) is 21.1. The highest BCUT2D eigenvalue weighted by atomic mass is 16.5. The van der Waals surface area contributed by atoms with Crippen LogP contribution < -0.4 is 4.74 Å². The van der Waals surface area contributed by atoms with Gasteiger partial charge in [0.15, 0.2) is 6.61 Å². The zero-order valence-electron chi connectivity index (χ0n) is 9.72. The fourth-order valence-corrected chi connectivity index (χ4v) is 1.03. The number of ether oxygens (including phenoxy) is 2. The molecule has 4 heteroatoms. The van der Waals surface area contributed by atoms with Gasteiger partial charge in [0.2, 0.25) is 0 Å². The molecule has 0 amide bonds. The Morgan fingerprint density at radius 2 is 1.89 bits per heavy atom. The Bertz CT molecular complexity index is 477. The first-order valence-corrected chi connectivity index (χ1v) is 5.19. The SMILES string of the molecule is C=CC(=O)OCC#CCOc1ccc(C=O)cc1. The van der Waals surface area contributed by atoms with Gasteiger partial charge in [-0.15, -0.1) is 0 Å². The maximum absolute atomic E-state index is 10.7. The molecule has 18 heavy (non-hydrogen) atoms. The molecule has 92 valence electrons. The summed E-state index contributed by atoms with van der Waals surface area (Å²) < 4.78 is 9.94. The molecular formula is C14H12O4. The minimum Gasteiger partial charge on any atom is -0.481 e. The smallest absolute Gasteiger partial charge is 0.331 e. The predicted molar refractivity (Wildman–Crippen MR) is 66.3 cm³/mol. The van der Waals surface area contributed by atoms with E-state index in [0.29, 0.717) is 11.3 Å². The van der Waals surface area contributed by atoms with Crippen LogP contribution in [-0.4, -0.2) is 25.5 Å². The lowest BCUT2D eigenvalue weighted by Gasteiger charge is -2.01. The van der Waals surface area contributed by atoms with E-state index < -0.39 is 5.97 Å². The third-order valence-corrected chi connectivity index (χ3v) is 1.91. The van der Waals surface area contributed by atoms with E-state index in [9.17, 15) is 9.59 Å². The van der Waals surface area contributed by atoms with Gasteiger partial charge in [-0.3, -0.25) is 4.79 Å². The second-order valence-corrected chi connectivity index (χ2v) is 3.14. The maximum atomic E-state index is 10.7. The minimum absolute atomic E-state index is 0.0122. The number of carbonyl (C=O) groups is 2. The molecule has 0 radical (unpaired) electrons. The Morgan fingerprint density at radius 1 is 1.22 bits per heavy atom. The Kier molecular flexibility index (Phi) is 5.78. The van der Waals surface area contributed by atoms with Crippen LogP contribution in [0, 0.1) is 11.8 Å². The van der Waals surface area contributed by atoms with E-state index in [1.165, 1.54) is 0 Å². The minimum atomic E-state index is -0.505. The van der Waals surface area contributed by atoms with Gasteiger partial charge in [0.1, 0.15) is 18.6 Å². The Labute approximate surface area is 105 Å². The van der Waals surface area contributed by atoms with Crippen LogP contribution >= 0.6 is 0 Å². The molecule has 1 aromatic carbocycles. The number of esters is 1. The van der Waals surface area contributed by atoms with Crippen molar-refractivity contribution < 1.29 is 19.1 Å². The molecule has 4 nitrogen and oxygen atoms in total. The zero-order chi connectivity index (χ0) is 13.2. The van der Waals surface area contributed by atoms with Gasteiger partial charge in [0.05, 0.1) is 0 Å². The molecule has 1 aromatic rings. The van der Waals surface area contributed by atoms with Crippen molar-refractivity contribution in [2.24, 2.45) is 0 Å². The monoisotopic (exact) mass is 244 g/mol. The summed E-state index contributed by atoms with van der Waals surface area (Å²) in [6, 6.07) is 6.68. The van der Waals surface area contributed by atoms with E-state index >= 15 is 0 Å². The number of benzene rings is 1. The molecule has 0 fully saturated rings. The summed E-state index contributed by atoms with van der Waals surface area (Å²) >= 11 is 0. The molecule has 0 saturated carbocycles. The molecule has 0 aromatic heterocycles. The standard InChI is InChI=1S/C14H12O4/c1-2-14(16)18-10-4-3-9-17-13-7-5-12(11-15)6-8-13/h2,5-8,11H,1,9-10H2. The van der Waals surface area contributed by atoms with Crippen molar-refractivity contribution in [2.45, 2.75) is 0 Å². The number of hydrogen-bond acceptors (Lipinski definition) is 4. The molecule has 0 spiro atoms. The van der Waals surface area contributed by atoms with E-state index in [4.69, 9.17) is 4.74 Å². The molecule has 0 unspecified atom stereocenters. The summed E-state index contributed by atoms with van der Waals surface area (Å²) in [5, 5.41) is 0. The average molecular weight is 244 g/mol. The molecule has 0 N–H and O–H groups in total. The number of rotatable bonds is 5. The Balaban J connectivity index is 2.28. The molecule has 1 rings (SSSR count). The third kappa shape index (κ3) is 4.99. The van der Waals surface area contributed by atoms with Crippen LogP contribution in [0.2, 0.25) is 0 Å². The van der Waals surface area contributed by atoms with E-state index in [2.05, 4.69) is 23.2 Å². The van der Waals surface area contributed by atoms with Crippen molar-refractivity contribution in [2.75, 3.05) is 13.2 Å². The fraction of sp³-hybridized carbons (Fsp3) is 0.143. The molecule has 0 atom stereocenters. The van der Waals surface area contributed by atoms with Crippen molar-refractivity contribution in [3.63, 3.8) is 0 Å². The maximum Gasteiger partial charge on any atom is 0.331 e. The lowest BCUT2D eigenvalue weighted by Crippen LogP contribution is -2.00. The zero-order valence-corrected chi connectivity index (χ0v) is 9.72. The molecule has 0 saturated heterocycles. The van der Waals surface area contributed by atoms with Gasteiger partial charge >= 0.3 is 5.97 Å². The lowest BCUT2D eigenvalue weighted by molar-refractivity contribution is -0.136. The van der Waals surface area contributed by atoms with Crippen LogP contribution in [0.5, 0.6) is 5.75 Å². The van der Waals surface area contributed by atoms with E-state index in [1.54, 1.807) is 24.3 Å². The van der Waals surface area contributed by atoms with Gasteiger partial charge in [-0.25, -0.2) is 4.79 Å². The first kappa shape index (κ1) is 13.5. The summed E-state index contributed by atoms with van der Waals surface area (Å²) in [6.45, 7) is 3.46.